The Hall–Kier alpha value is -1.41. The molecule has 86 valence electrons. The van der Waals surface area contributed by atoms with Crippen molar-refractivity contribution in [3.8, 4) is 0 Å². The highest BCUT2D eigenvalue weighted by Crippen LogP contribution is 2.17. The summed E-state index contributed by atoms with van der Waals surface area (Å²) in [5.41, 5.74) is 3.70. The minimum atomic E-state index is 0.0787. The van der Waals surface area contributed by atoms with Gasteiger partial charge >= 0.3 is 0 Å². The van der Waals surface area contributed by atoms with Crippen LogP contribution in [0, 0.1) is 13.8 Å². The molecule has 2 heteroatoms. The summed E-state index contributed by atoms with van der Waals surface area (Å²) in [6.07, 6.45) is 0. The van der Waals surface area contributed by atoms with Crippen LogP contribution in [0.25, 0.3) is 0 Å². The van der Waals surface area contributed by atoms with Gasteiger partial charge in [-0.15, -0.1) is 0 Å². The van der Waals surface area contributed by atoms with Gasteiger partial charge in [-0.05, 0) is 43.7 Å². The maximum atomic E-state index is 12.3. The minimum absolute atomic E-state index is 0.0787. The Morgan fingerprint density at radius 3 is 2.24 bits per heavy atom. The Morgan fingerprint density at radius 2 is 1.65 bits per heavy atom. The van der Waals surface area contributed by atoms with Gasteiger partial charge < -0.3 is 0 Å². The number of halogens is 1. The molecule has 2 aromatic carbocycles. The average Bonchev–Trinajstić information content (AvgIpc) is 2.29. The highest BCUT2D eigenvalue weighted by Gasteiger charge is 2.11. The van der Waals surface area contributed by atoms with E-state index in [2.05, 4.69) is 15.9 Å². The number of hydrogen-bond acceptors (Lipinski definition) is 1. The van der Waals surface area contributed by atoms with Crippen molar-refractivity contribution in [3.63, 3.8) is 0 Å². The molecule has 1 nitrogen and oxygen atoms in total. The Bertz CT molecular complexity index is 556. The number of carbonyl (C=O) groups excluding carboxylic acids is 1. The Morgan fingerprint density at radius 1 is 1.00 bits per heavy atom. The van der Waals surface area contributed by atoms with Gasteiger partial charge in [-0.1, -0.05) is 39.7 Å². The van der Waals surface area contributed by atoms with E-state index >= 15 is 0 Å². The molecule has 2 rings (SSSR count). The first-order valence-corrected chi connectivity index (χ1v) is 6.25. The fraction of sp³-hybridized carbons (Fsp3) is 0.133. The van der Waals surface area contributed by atoms with Crippen LogP contribution >= 0.6 is 15.9 Å². The van der Waals surface area contributed by atoms with Gasteiger partial charge in [0.25, 0.3) is 0 Å². The number of hydrogen-bond donors (Lipinski definition) is 0. The number of rotatable bonds is 2. The van der Waals surface area contributed by atoms with E-state index in [0.29, 0.717) is 0 Å². The second-order valence-corrected chi connectivity index (χ2v) is 5.07. The molecule has 0 atom stereocenters. The summed E-state index contributed by atoms with van der Waals surface area (Å²) < 4.78 is 0.981. The average molecular weight is 289 g/mol. The molecule has 17 heavy (non-hydrogen) atoms. The fourth-order valence-corrected chi connectivity index (χ4v) is 2.09. The second-order valence-electron chi connectivity index (χ2n) is 4.15. The van der Waals surface area contributed by atoms with Crippen LogP contribution in [0.5, 0.6) is 0 Å². The van der Waals surface area contributed by atoms with Crippen LogP contribution in [0.3, 0.4) is 0 Å². The van der Waals surface area contributed by atoms with Gasteiger partial charge in [0.05, 0.1) is 0 Å². The smallest absolute Gasteiger partial charge is 0.193 e. The lowest BCUT2D eigenvalue weighted by Gasteiger charge is -2.06. The lowest BCUT2D eigenvalue weighted by atomic mass is 9.98. The summed E-state index contributed by atoms with van der Waals surface area (Å²) in [5, 5.41) is 0. The van der Waals surface area contributed by atoms with Crippen molar-refractivity contribution in [3.05, 3.63) is 69.2 Å². The van der Waals surface area contributed by atoms with Gasteiger partial charge in [-0.25, -0.2) is 0 Å². The summed E-state index contributed by atoms with van der Waals surface area (Å²) in [6, 6.07) is 13.4. The van der Waals surface area contributed by atoms with E-state index in [4.69, 9.17) is 0 Å². The molecular formula is C15H13BrO. The molecule has 0 amide bonds. The summed E-state index contributed by atoms with van der Waals surface area (Å²) >= 11 is 3.36. The third-order valence-electron chi connectivity index (χ3n) is 2.73. The minimum Gasteiger partial charge on any atom is -0.289 e. The van der Waals surface area contributed by atoms with Gasteiger partial charge in [0.15, 0.2) is 5.78 Å². The van der Waals surface area contributed by atoms with Crippen LogP contribution in [0.15, 0.2) is 46.9 Å². The van der Waals surface area contributed by atoms with Crippen molar-refractivity contribution in [1.29, 1.82) is 0 Å². The standard InChI is InChI=1S/C15H13BrO/c1-10-3-8-14(11(2)9-10)15(17)12-4-6-13(16)7-5-12/h3-9H,1-2H3. The molecule has 2 aromatic rings. The summed E-state index contributed by atoms with van der Waals surface area (Å²) in [4.78, 5) is 12.3. The summed E-state index contributed by atoms with van der Waals surface area (Å²) in [5.74, 6) is 0.0787. The van der Waals surface area contributed by atoms with Crippen LogP contribution in [0.1, 0.15) is 27.0 Å². The topological polar surface area (TPSA) is 17.1 Å². The third-order valence-corrected chi connectivity index (χ3v) is 3.26. The fourth-order valence-electron chi connectivity index (χ4n) is 1.83. The molecule has 0 radical (unpaired) electrons. The van der Waals surface area contributed by atoms with E-state index in [1.807, 2.05) is 56.3 Å². The van der Waals surface area contributed by atoms with Crippen LogP contribution in [0.4, 0.5) is 0 Å². The molecule has 0 aliphatic rings. The highest BCUT2D eigenvalue weighted by atomic mass is 79.9. The van der Waals surface area contributed by atoms with Crippen LogP contribution in [0.2, 0.25) is 0 Å². The van der Waals surface area contributed by atoms with Gasteiger partial charge in [0.2, 0.25) is 0 Å². The maximum absolute atomic E-state index is 12.3. The quantitative estimate of drug-likeness (QED) is 0.753. The molecule has 0 aromatic heterocycles. The van der Waals surface area contributed by atoms with Crippen molar-refractivity contribution in [2.75, 3.05) is 0 Å². The number of carbonyl (C=O) groups is 1. The van der Waals surface area contributed by atoms with E-state index in [9.17, 15) is 4.79 Å². The van der Waals surface area contributed by atoms with Gasteiger partial charge in [0.1, 0.15) is 0 Å². The third kappa shape index (κ3) is 2.64. The van der Waals surface area contributed by atoms with Crippen molar-refractivity contribution in [2.24, 2.45) is 0 Å². The number of benzene rings is 2. The Kier molecular flexibility index (Phi) is 3.43. The predicted molar refractivity (Wildman–Crippen MR) is 73.5 cm³/mol. The van der Waals surface area contributed by atoms with E-state index in [-0.39, 0.29) is 5.78 Å². The maximum Gasteiger partial charge on any atom is 0.193 e. The van der Waals surface area contributed by atoms with Crippen molar-refractivity contribution >= 4 is 21.7 Å². The molecule has 0 bridgehead atoms. The van der Waals surface area contributed by atoms with Gasteiger partial charge in [0, 0.05) is 15.6 Å². The lowest BCUT2D eigenvalue weighted by Crippen LogP contribution is -2.03. The zero-order valence-corrected chi connectivity index (χ0v) is 11.4. The monoisotopic (exact) mass is 288 g/mol. The molecule has 0 heterocycles. The lowest BCUT2D eigenvalue weighted by molar-refractivity contribution is 0.103. The molecular weight excluding hydrogens is 276 g/mol. The van der Waals surface area contributed by atoms with E-state index in [1.54, 1.807) is 0 Å². The normalized spacial score (nSPS) is 10.3. The van der Waals surface area contributed by atoms with Gasteiger partial charge in [-0.2, -0.15) is 0 Å². The van der Waals surface area contributed by atoms with Crippen LogP contribution in [-0.2, 0) is 0 Å². The molecule has 0 N–H and O–H groups in total. The van der Waals surface area contributed by atoms with Crippen molar-refractivity contribution in [1.82, 2.24) is 0 Å². The Labute approximate surface area is 110 Å². The largest absolute Gasteiger partial charge is 0.289 e. The highest BCUT2D eigenvalue weighted by molar-refractivity contribution is 9.10. The molecule has 0 fully saturated rings. The molecule has 0 saturated heterocycles. The summed E-state index contributed by atoms with van der Waals surface area (Å²) in [6.45, 7) is 4.00. The zero-order chi connectivity index (χ0) is 12.4. The Balaban J connectivity index is 2.40. The molecule has 0 unspecified atom stereocenters. The zero-order valence-electron chi connectivity index (χ0n) is 9.83. The SMILES string of the molecule is Cc1ccc(C(=O)c2ccc(Br)cc2)c(C)c1. The predicted octanol–water partition coefficient (Wildman–Crippen LogP) is 4.30. The van der Waals surface area contributed by atoms with Crippen molar-refractivity contribution in [2.45, 2.75) is 13.8 Å². The van der Waals surface area contributed by atoms with E-state index in [1.165, 1.54) is 5.56 Å². The number of aryl methyl sites for hydroxylation is 2. The van der Waals surface area contributed by atoms with Crippen LogP contribution < -0.4 is 0 Å². The first-order valence-electron chi connectivity index (χ1n) is 5.45. The first-order chi connectivity index (χ1) is 8.08. The summed E-state index contributed by atoms with van der Waals surface area (Å²) in [7, 11) is 0. The van der Waals surface area contributed by atoms with Crippen molar-refractivity contribution < 1.29 is 4.79 Å². The molecule has 0 aliphatic heterocycles. The van der Waals surface area contributed by atoms with Gasteiger partial charge in [-0.3, -0.25) is 4.79 Å². The molecule has 0 saturated carbocycles. The first kappa shape index (κ1) is 12.1. The second kappa shape index (κ2) is 4.84. The molecule has 0 aliphatic carbocycles. The van der Waals surface area contributed by atoms with Crippen LogP contribution in [-0.4, -0.2) is 5.78 Å². The van der Waals surface area contributed by atoms with E-state index in [0.717, 1.165) is 21.2 Å². The van der Waals surface area contributed by atoms with E-state index < -0.39 is 0 Å². The number of ketones is 1. The molecule has 0 spiro atoms.